The average molecular weight is 275 g/mol. The fourth-order valence-corrected chi connectivity index (χ4v) is 2.42. The van der Waals surface area contributed by atoms with Crippen LogP contribution in [0.5, 0.6) is 0 Å². The first-order valence-corrected chi connectivity index (χ1v) is 7.43. The highest BCUT2D eigenvalue weighted by Crippen LogP contribution is 2.08. The SMILES string of the molecule is CCc1ccc(C(=O)C(C)NN2CCN(C)CC2)cc1. The first-order valence-electron chi connectivity index (χ1n) is 7.43. The Morgan fingerprint density at radius 2 is 1.80 bits per heavy atom. The smallest absolute Gasteiger partial charge is 0.180 e. The van der Waals surface area contributed by atoms with Gasteiger partial charge in [0, 0.05) is 31.7 Å². The molecule has 1 aliphatic heterocycles. The van der Waals surface area contributed by atoms with Crippen molar-refractivity contribution in [3.05, 3.63) is 35.4 Å². The van der Waals surface area contributed by atoms with E-state index >= 15 is 0 Å². The van der Waals surface area contributed by atoms with Crippen molar-refractivity contribution in [3.8, 4) is 0 Å². The molecule has 1 aliphatic rings. The summed E-state index contributed by atoms with van der Waals surface area (Å²) in [6, 6.07) is 7.77. The summed E-state index contributed by atoms with van der Waals surface area (Å²) >= 11 is 0. The first-order chi connectivity index (χ1) is 9.60. The minimum absolute atomic E-state index is 0.159. The van der Waals surface area contributed by atoms with E-state index < -0.39 is 0 Å². The van der Waals surface area contributed by atoms with Gasteiger partial charge in [-0.15, -0.1) is 0 Å². The Kier molecular flexibility index (Phi) is 5.29. The van der Waals surface area contributed by atoms with Crippen LogP contribution in [0.4, 0.5) is 0 Å². The van der Waals surface area contributed by atoms with E-state index in [1.165, 1.54) is 5.56 Å². The van der Waals surface area contributed by atoms with Gasteiger partial charge in [-0.05, 0) is 26.0 Å². The predicted octanol–water partition coefficient (Wildman–Crippen LogP) is 1.57. The molecule has 20 heavy (non-hydrogen) atoms. The molecule has 110 valence electrons. The maximum absolute atomic E-state index is 12.4. The van der Waals surface area contributed by atoms with Gasteiger partial charge in [0.05, 0.1) is 6.04 Å². The number of Topliss-reactive ketones (excluding diaryl/α,β-unsaturated/α-hetero) is 1. The zero-order valence-electron chi connectivity index (χ0n) is 12.7. The van der Waals surface area contributed by atoms with E-state index in [0.717, 1.165) is 38.2 Å². The molecule has 0 spiro atoms. The number of ketones is 1. The minimum Gasteiger partial charge on any atom is -0.304 e. The van der Waals surface area contributed by atoms with Gasteiger partial charge in [0.1, 0.15) is 0 Å². The molecule has 0 radical (unpaired) electrons. The number of likely N-dealkylation sites (N-methyl/N-ethyl adjacent to an activating group) is 1. The lowest BCUT2D eigenvalue weighted by Crippen LogP contribution is -2.54. The van der Waals surface area contributed by atoms with Crippen LogP contribution in [0.2, 0.25) is 0 Å². The van der Waals surface area contributed by atoms with Crippen molar-refractivity contribution in [3.63, 3.8) is 0 Å². The van der Waals surface area contributed by atoms with Crippen LogP contribution in [0.25, 0.3) is 0 Å². The quantitative estimate of drug-likeness (QED) is 0.828. The molecular formula is C16H25N3O. The molecule has 0 aliphatic carbocycles. The standard InChI is InChI=1S/C16H25N3O/c1-4-14-5-7-15(8-6-14)16(20)13(2)17-19-11-9-18(3)10-12-19/h5-8,13,17H,4,9-12H2,1-3H3. The van der Waals surface area contributed by atoms with Crippen LogP contribution in [0, 0.1) is 0 Å². The average Bonchev–Trinajstić information content (AvgIpc) is 2.49. The van der Waals surface area contributed by atoms with Crippen LogP contribution in [0.1, 0.15) is 29.8 Å². The number of hydrazine groups is 1. The lowest BCUT2D eigenvalue weighted by atomic mass is 10.0. The third-order valence-corrected chi connectivity index (χ3v) is 3.92. The van der Waals surface area contributed by atoms with Crippen LogP contribution in [0.3, 0.4) is 0 Å². The highest BCUT2D eigenvalue weighted by atomic mass is 16.1. The summed E-state index contributed by atoms with van der Waals surface area (Å²) in [7, 11) is 2.13. The number of piperazine rings is 1. The van der Waals surface area contributed by atoms with Gasteiger partial charge in [-0.3, -0.25) is 4.79 Å². The van der Waals surface area contributed by atoms with E-state index in [1.54, 1.807) is 0 Å². The molecule has 1 fully saturated rings. The molecule has 0 aromatic heterocycles. The first kappa shape index (κ1) is 15.2. The normalized spacial score (nSPS) is 18.9. The summed E-state index contributed by atoms with van der Waals surface area (Å²) < 4.78 is 0. The maximum atomic E-state index is 12.4. The zero-order chi connectivity index (χ0) is 14.5. The number of rotatable bonds is 5. The fraction of sp³-hybridized carbons (Fsp3) is 0.562. The van der Waals surface area contributed by atoms with Gasteiger partial charge in [0.25, 0.3) is 0 Å². The Hall–Kier alpha value is -1.23. The number of aryl methyl sites for hydroxylation is 1. The van der Waals surface area contributed by atoms with Crippen molar-refractivity contribution in [2.75, 3.05) is 33.2 Å². The molecule has 1 unspecified atom stereocenters. The van der Waals surface area contributed by atoms with Gasteiger partial charge in [-0.1, -0.05) is 31.2 Å². The summed E-state index contributed by atoms with van der Waals surface area (Å²) in [6.07, 6.45) is 1.00. The van der Waals surface area contributed by atoms with Gasteiger partial charge in [-0.25, -0.2) is 10.4 Å². The number of carbonyl (C=O) groups excluding carboxylic acids is 1. The van der Waals surface area contributed by atoms with Crippen molar-refractivity contribution in [2.45, 2.75) is 26.3 Å². The predicted molar refractivity (Wildman–Crippen MR) is 81.8 cm³/mol. The summed E-state index contributed by atoms with van der Waals surface area (Å²) in [5, 5.41) is 2.16. The molecular weight excluding hydrogens is 250 g/mol. The Bertz CT molecular complexity index is 436. The van der Waals surface area contributed by atoms with Gasteiger partial charge >= 0.3 is 0 Å². The summed E-state index contributed by atoms with van der Waals surface area (Å²) in [6.45, 7) is 8.06. The van der Waals surface area contributed by atoms with Crippen LogP contribution in [-0.4, -0.2) is 55.0 Å². The number of nitrogens with one attached hydrogen (secondary N) is 1. The Balaban J connectivity index is 1.90. The van der Waals surface area contributed by atoms with Crippen LogP contribution < -0.4 is 5.43 Å². The van der Waals surface area contributed by atoms with Gasteiger partial charge in [0.15, 0.2) is 5.78 Å². The number of carbonyl (C=O) groups is 1. The molecule has 1 heterocycles. The molecule has 0 amide bonds. The van der Waals surface area contributed by atoms with E-state index in [9.17, 15) is 4.79 Å². The zero-order valence-corrected chi connectivity index (χ0v) is 12.7. The van der Waals surface area contributed by atoms with Crippen LogP contribution in [-0.2, 0) is 6.42 Å². The molecule has 1 atom stereocenters. The molecule has 1 saturated heterocycles. The third kappa shape index (κ3) is 3.88. The molecule has 4 nitrogen and oxygen atoms in total. The third-order valence-electron chi connectivity index (χ3n) is 3.92. The maximum Gasteiger partial charge on any atom is 0.180 e. The highest BCUT2D eigenvalue weighted by molar-refractivity contribution is 5.99. The second-order valence-corrected chi connectivity index (χ2v) is 5.56. The van der Waals surface area contributed by atoms with Crippen molar-refractivity contribution in [1.82, 2.24) is 15.3 Å². The Morgan fingerprint density at radius 3 is 2.35 bits per heavy atom. The van der Waals surface area contributed by atoms with E-state index in [4.69, 9.17) is 0 Å². The van der Waals surface area contributed by atoms with Gasteiger partial charge in [-0.2, -0.15) is 0 Å². The summed E-state index contributed by atoms with van der Waals surface area (Å²) in [5.74, 6) is 0.159. The van der Waals surface area contributed by atoms with Crippen LogP contribution >= 0.6 is 0 Å². The van der Waals surface area contributed by atoms with E-state index in [-0.39, 0.29) is 11.8 Å². The molecule has 1 aromatic carbocycles. The van der Waals surface area contributed by atoms with E-state index in [0.29, 0.717) is 0 Å². The molecule has 0 saturated carbocycles. The number of hydrogen-bond acceptors (Lipinski definition) is 4. The van der Waals surface area contributed by atoms with Crippen molar-refractivity contribution >= 4 is 5.78 Å². The molecule has 4 heteroatoms. The second kappa shape index (κ2) is 6.97. The Labute approximate surface area is 121 Å². The topological polar surface area (TPSA) is 35.6 Å². The van der Waals surface area contributed by atoms with Gasteiger partial charge in [0.2, 0.25) is 0 Å². The second-order valence-electron chi connectivity index (χ2n) is 5.56. The fourth-order valence-electron chi connectivity index (χ4n) is 2.42. The molecule has 1 N–H and O–H groups in total. The lowest BCUT2D eigenvalue weighted by Gasteiger charge is -2.34. The summed E-state index contributed by atoms with van der Waals surface area (Å²) in [4.78, 5) is 14.7. The summed E-state index contributed by atoms with van der Waals surface area (Å²) in [5.41, 5.74) is 5.38. The van der Waals surface area contributed by atoms with Crippen molar-refractivity contribution in [1.29, 1.82) is 0 Å². The monoisotopic (exact) mass is 275 g/mol. The highest BCUT2D eigenvalue weighted by Gasteiger charge is 2.20. The largest absolute Gasteiger partial charge is 0.304 e. The Morgan fingerprint density at radius 1 is 1.20 bits per heavy atom. The lowest BCUT2D eigenvalue weighted by molar-refractivity contribution is 0.0718. The van der Waals surface area contributed by atoms with Crippen molar-refractivity contribution < 1.29 is 4.79 Å². The van der Waals surface area contributed by atoms with Crippen LogP contribution in [0.15, 0.2) is 24.3 Å². The number of hydrogen-bond donors (Lipinski definition) is 1. The van der Waals surface area contributed by atoms with E-state index in [2.05, 4.69) is 29.3 Å². The molecule has 1 aromatic rings. The van der Waals surface area contributed by atoms with Gasteiger partial charge < -0.3 is 4.90 Å². The minimum atomic E-state index is -0.175. The number of benzene rings is 1. The van der Waals surface area contributed by atoms with Crippen molar-refractivity contribution in [2.24, 2.45) is 0 Å². The molecule has 0 bridgehead atoms. The van der Waals surface area contributed by atoms with E-state index in [1.807, 2.05) is 31.2 Å². The molecule has 2 rings (SSSR count). The number of nitrogens with zero attached hydrogens (tertiary/aromatic N) is 2.